The van der Waals surface area contributed by atoms with Crippen LogP contribution in [-0.2, 0) is 6.54 Å². The number of furan rings is 1. The smallest absolute Gasteiger partial charge is 0.196 e. The van der Waals surface area contributed by atoms with Gasteiger partial charge in [-0.1, -0.05) is 0 Å². The van der Waals surface area contributed by atoms with Crippen molar-refractivity contribution >= 4 is 17.3 Å². The van der Waals surface area contributed by atoms with E-state index in [-0.39, 0.29) is 11.5 Å². The predicted molar refractivity (Wildman–Crippen MR) is 82.4 cm³/mol. The van der Waals surface area contributed by atoms with Gasteiger partial charge in [0.2, 0.25) is 0 Å². The quantitative estimate of drug-likeness (QED) is 0.686. The topological polar surface area (TPSA) is 63.0 Å². The summed E-state index contributed by atoms with van der Waals surface area (Å²) in [4.78, 5) is 8.30. The highest BCUT2D eigenvalue weighted by molar-refractivity contribution is 5.60. The molecular formula is C16H13F3N4O. The molecule has 0 fully saturated rings. The lowest BCUT2D eigenvalue weighted by atomic mass is 10.2. The molecule has 2 heterocycles. The summed E-state index contributed by atoms with van der Waals surface area (Å²) < 4.78 is 45.2. The minimum atomic E-state index is -1.54. The zero-order valence-corrected chi connectivity index (χ0v) is 12.6. The zero-order valence-electron chi connectivity index (χ0n) is 12.6. The highest BCUT2D eigenvalue weighted by Crippen LogP contribution is 2.23. The fourth-order valence-electron chi connectivity index (χ4n) is 2.07. The van der Waals surface area contributed by atoms with E-state index < -0.39 is 17.5 Å². The number of aryl methyl sites for hydroxylation is 1. The van der Waals surface area contributed by atoms with E-state index >= 15 is 0 Å². The Labute approximate surface area is 135 Å². The third-order valence-corrected chi connectivity index (χ3v) is 3.16. The lowest BCUT2D eigenvalue weighted by Crippen LogP contribution is -2.06. The zero-order chi connectivity index (χ0) is 17.1. The summed E-state index contributed by atoms with van der Waals surface area (Å²) in [5.74, 6) is -2.24. The summed E-state index contributed by atoms with van der Waals surface area (Å²) >= 11 is 0. The Morgan fingerprint density at radius 1 is 1.04 bits per heavy atom. The second kappa shape index (κ2) is 6.61. The summed E-state index contributed by atoms with van der Waals surface area (Å²) in [5, 5.41) is 5.65. The van der Waals surface area contributed by atoms with Crippen LogP contribution >= 0.6 is 0 Å². The molecule has 0 aliphatic rings. The van der Waals surface area contributed by atoms with Gasteiger partial charge in [-0.3, -0.25) is 0 Å². The Morgan fingerprint density at radius 3 is 2.58 bits per heavy atom. The fraction of sp³-hybridized carbons (Fsp3) is 0.125. The molecule has 2 aromatic heterocycles. The van der Waals surface area contributed by atoms with Crippen molar-refractivity contribution in [1.82, 2.24) is 9.97 Å². The number of halogens is 3. The van der Waals surface area contributed by atoms with Crippen molar-refractivity contribution < 1.29 is 17.6 Å². The van der Waals surface area contributed by atoms with Crippen LogP contribution in [0.1, 0.15) is 11.6 Å². The Morgan fingerprint density at radius 2 is 1.83 bits per heavy atom. The average molecular weight is 334 g/mol. The van der Waals surface area contributed by atoms with Crippen LogP contribution in [0.3, 0.4) is 0 Å². The number of benzene rings is 1. The third-order valence-electron chi connectivity index (χ3n) is 3.16. The molecule has 0 aliphatic heterocycles. The van der Waals surface area contributed by atoms with Crippen LogP contribution in [0.4, 0.5) is 30.5 Å². The van der Waals surface area contributed by atoms with Gasteiger partial charge in [-0.2, -0.15) is 0 Å². The van der Waals surface area contributed by atoms with Crippen LogP contribution in [0.15, 0.2) is 41.0 Å². The molecule has 0 radical (unpaired) electrons. The van der Waals surface area contributed by atoms with Crippen molar-refractivity contribution in [1.29, 1.82) is 0 Å². The first-order chi connectivity index (χ1) is 11.5. The number of hydrogen-bond acceptors (Lipinski definition) is 5. The van der Waals surface area contributed by atoms with Crippen LogP contribution in [0.25, 0.3) is 0 Å². The van der Waals surface area contributed by atoms with Gasteiger partial charge in [0, 0.05) is 6.07 Å². The van der Waals surface area contributed by atoms with Crippen molar-refractivity contribution in [2.24, 2.45) is 0 Å². The van der Waals surface area contributed by atoms with Gasteiger partial charge < -0.3 is 15.1 Å². The van der Waals surface area contributed by atoms with Crippen molar-refractivity contribution in [2.75, 3.05) is 10.6 Å². The molecule has 3 rings (SSSR count). The van der Waals surface area contributed by atoms with E-state index in [9.17, 15) is 13.2 Å². The molecule has 5 nitrogen and oxygen atoms in total. The highest BCUT2D eigenvalue weighted by atomic mass is 19.2. The Kier molecular flexibility index (Phi) is 4.37. The molecule has 0 spiro atoms. The number of nitrogens with one attached hydrogen (secondary N) is 2. The van der Waals surface area contributed by atoms with E-state index in [0.29, 0.717) is 23.9 Å². The van der Waals surface area contributed by atoms with Gasteiger partial charge in [0.05, 0.1) is 18.5 Å². The van der Waals surface area contributed by atoms with E-state index in [1.807, 2.05) is 0 Å². The Balaban J connectivity index is 1.80. The maximum Gasteiger partial charge on any atom is 0.196 e. The average Bonchev–Trinajstić information content (AvgIpc) is 3.07. The number of rotatable bonds is 5. The second-order valence-corrected chi connectivity index (χ2v) is 4.97. The van der Waals surface area contributed by atoms with Gasteiger partial charge in [0.15, 0.2) is 17.5 Å². The molecule has 0 aliphatic carbocycles. The molecule has 0 saturated heterocycles. The van der Waals surface area contributed by atoms with E-state index in [0.717, 1.165) is 12.1 Å². The number of aromatic nitrogens is 2. The molecular weight excluding hydrogens is 321 g/mol. The lowest BCUT2D eigenvalue weighted by molar-refractivity contribution is 0.449. The maximum absolute atomic E-state index is 13.7. The fourth-order valence-corrected chi connectivity index (χ4v) is 2.07. The van der Waals surface area contributed by atoms with Crippen molar-refractivity contribution in [3.05, 3.63) is 65.6 Å². The molecule has 0 amide bonds. The molecule has 1 aromatic carbocycles. The predicted octanol–water partition coefficient (Wildman–Crippen LogP) is 4.15. The molecule has 3 aromatic rings. The van der Waals surface area contributed by atoms with E-state index in [4.69, 9.17) is 4.42 Å². The summed E-state index contributed by atoms with van der Waals surface area (Å²) in [5.41, 5.74) is -0.219. The van der Waals surface area contributed by atoms with Gasteiger partial charge in [-0.15, -0.1) is 0 Å². The molecule has 0 saturated carbocycles. The maximum atomic E-state index is 13.7. The summed E-state index contributed by atoms with van der Waals surface area (Å²) in [6, 6.07) is 7.03. The standard InChI is InChI=1S/C16H13F3N4O/c1-9-21-13(20-8-10-3-2-6-24-10)7-14(22-9)23-12-5-4-11(17)15(18)16(12)19/h2-7H,8H2,1H3,(H2,20,21,22,23). The van der Waals surface area contributed by atoms with Gasteiger partial charge in [0.1, 0.15) is 23.2 Å². The normalized spacial score (nSPS) is 10.7. The molecule has 0 atom stereocenters. The number of nitrogens with zero attached hydrogens (tertiary/aromatic N) is 2. The van der Waals surface area contributed by atoms with Crippen LogP contribution in [0, 0.1) is 24.4 Å². The summed E-state index contributed by atoms with van der Waals surface area (Å²) in [6.45, 7) is 2.06. The third kappa shape index (κ3) is 3.48. The molecule has 0 bridgehead atoms. The van der Waals surface area contributed by atoms with Crippen LogP contribution < -0.4 is 10.6 Å². The van der Waals surface area contributed by atoms with E-state index in [2.05, 4.69) is 20.6 Å². The van der Waals surface area contributed by atoms with E-state index in [1.54, 1.807) is 25.3 Å². The molecule has 24 heavy (non-hydrogen) atoms. The summed E-state index contributed by atoms with van der Waals surface area (Å²) in [7, 11) is 0. The monoisotopic (exact) mass is 334 g/mol. The first-order valence-corrected chi connectivity index (χ1v) is 7.05. The molecule has 8 heteroatoms. The Bertz CT molecular complexity index is 853. The second-order valence-electron chi connectivity index (χ2n) is 4.97. The van der Waals surface area contributed by atoms with Crippen LogP contribution in [-0.4, -0.2) is 9.97 Å². The van der Waals surface area contributed by atoms with Gasteiger partial charge in [-0.25, -0.2) is 23.1 Å². The van der Waals surface area contributed by atoms with Crippen LogP contribution in [0.5, 0.6) is 0 Å². The van der Waals surface area contributed by atoms with Crippen molar-refractivity contribution in [3.8, 4) is 0 Å². The van der Waals surface area contributed by atoms with Gasteiger partial charge in [-0.05, 0) is 31.2 Å². The molecule has 2 N–H and O–H groups in total. The van der Waals surface area contributed by atoms with Crippen molar-refractivity contribution in [2.45, 2.75) is 13.5 Å². The minimum Gasteiger partial charge on any atom is -0.467 e. The lowest BCUT2D eigenvalue weighted by Gasteiger charge is -2.10. The van der Waals surface area contributed by atoms with Gasteiger partial charge >= 0.3 is 0 Å². The summed E-state index contributed by atoms with van der Waals surface area (Å²) in [6.07, 6.45) is 1.56. The first kappa shape index (κ1) is 15.9. The SMILES string of the molecule is Cc1nc(NCc2ccco2)cc(Nc2ccc(F)c(F)c2F)n1. The highest BCUT2D eigenvalue weighted by Gasteiger charge is 2.14. The number of hydrogen-bond donors (Lipinski definition) is 2. The van der Waals surface area contributed by atoms with Crippen LogP contribution in [0.2, 0.25) is 0 Å². The molecule has 0 unspecified atom stereocenters. The largest absolute Gasteiger partial charge is 0.467 e. The number of anilines is 3. The van der Waals surface area contributed by atoms with Crippen molar-refractivity contribution in [3.63, 3.8) is 0 Å². The van der Waals surface area contributed by atoms with E-state index in [1.165, 1.54) is 6.07 Å². The minimum absolute atomic E-state index is 0.219. The molecule has 124 valence electrons. The van der Waals surface area contributed by atoms with Gasteiger partial charge in [0.25, 0.3) is 0 Å². The first-order valence-electron chi connectivity index (χ1n) is 7.05. The Hall–Kier alpha value is -3.03.